The number of nitrogens with zero attached hydrogens (tertiary/aromatic N) is 1. The van der Waals surface area contributed by atoms with Crippen LogP contribution in [0.3, 0.4) is 0 Å². The zero-order valence-electron chi connectivity index (χ0n) is 13.0. The second-order valence-electron chi connectivity index (χ2n) is 5.85. The predicted molar refractivity (Wildman–Crippen MR) is 86.6 cm³/mol. The zero-order valence-corrected chi connectivity index (χ0v) is 13.8. The van der Waals surface area contributed by atoms with E-state index in [2.05, 4.69) is 6.92 Å². The number of sulfonamides is 1. The van der Waals surface area contributed by atoms with Crippen LogP contribution in [0.2, 0.25) is 0 Å². The van der Waals surface area contributed by atoms with Crippen LogP contribution in [0.25, 0.3) is 0 Å². The molecule has 1 saturated heterocycles. The van der Waals surface area contributed by atoms with Crippen LogP contribution in [-0.4, -0.2) is 25.8 Å². The highest BCUT2D eigenvalue weighted by Crippen LogP contribution is 2.27. The number of hydrogen-bond donors (Lipinski definition) is 1. The molecule has 0 spiro atoms. The van der Waals surface area contributed by atoms with E-state index in [-0.39, 0.29) is 0 Å². The van der Waals surface area contributed by atoms with E-state index < -0.39 is 10.0 Å². The van der Waals surface area contributed by atoms with Crippen molar-refractivity contribution in [1.82, 2.24) is 4.31 Å². The molecule has 2 N–H and O–H groups in total. The van der Waals surface area contributed by atoms with Gasteiger partial charge in [-0.05, 0) is 42.9 Å². The molecule has 1 aliphatic heterocycles. The van der Waals surface area contributed by atoms with Gasteiger partial charge in [-0.1, -0.05) is 32.8 Å². The number of anilines is 1. The third kappa shape index (κ3) is 3.58. The number of aryl methyl sites for hydroxylation is 1. The number of nitrogen functional groups attached to an aromatic ring is 1. The van der Waals surface area contributed by atoms with Crippen molar-refractivity contribution in [2.75, 3.05) is 18.8 Å². The summed E-state index contributed by atoms with van der Waals surface area (Å²) in [4.78, 5) is 0.325. The summed E-state index contributed by atoms with van der Waals surface area (Å²) in [5, 5.41) is 0. The van der Waals surface area contributed by atoms with Crippen molar-refractivity contribution in [2.24, 2.45) is 5.92 Å². The third-order valence-corrected chi connectivity index (χ3v) is 6.30. The van der Waals surface area contributed by atoms with E-state index in [4.69, 9.17) is 5.73 Å². The highest BCUT2D eigenvalue weighted by atomic mass is 32.2. The summed E-state index contributed by atoms with van der Waals surface area (Å²) in [5.74, 6) is 0.675. The van der Waals surface area contributed by atoms with Crippen molar-refractivity contribution >= 4 is 15.7 Å². The van der Waals surface area contributed by atoms with Crippen LogP contribution >= 0.6 is 0 Å². The first kappa shape index (κ1) is 16.3. The molecule has 1 heterocycles. The Labute approximate surface area is 128 Å². The van der Waals surface area contributed by atoms with Crippen molar-refractivity contribution in [2.45, 2.75) is 50.8 Å². The quantitative estimate of drug-likeness (QED) is 0.850. The summed E-state index contributed by atoms with van der Waals surface area (Å²) in [6.07, 6.45) is 5.12. The Hall–Kier alpha value is -1.07. The minimum atomic E-state index is -3.39. The van der Waals surface area contributed by atoms with Gasteiger partial charge in [-0.2, -0.15) is 4.31 Å². The largest absolute Gasteiger partial charge is 0.398 e. The monoisotopic (exact) mass is 310 g/mol. The van der Waals surface area contributed by atoms with Crippen molar-refractivity contribution in [3.05, 3.63) is 23.8 Å². The lowest BCUT2D eigenvalue weighted by atomic mass is 9.94. The van der Waals surface area contributed by atoms with Gasteiger partial charge in [-0.15, -0.1) is 0 Å². The molecule has 1 fully saturated rings. The summed E-state index contributed by atoms with van der Waals surface area (Å²) in [5.41, 5.74) is 7.50. The topological polar surface area (TPSA) is 63.4 Å². The lowest BCUT2D eigenvalue weighted by Gasteiger charge is -2.31. The van der Waals surface area contributed by atoms with Crippen molar-refractivity contribution in [1.29, 1.82) is 0 Å². The van der Waals surface area contributed by atoms with Crippen molar-refractivity contribution in [3.8, 4) is 0 Å². The van der Waals surface area contributed by atoms with E-state index in [1.165, 1.54) is 12.8 Å². The van der Waals surface area contributed by atoms with E-state index in [1.54, 1.807) is 16.4 Å². The van der Waals surface area contributed by atoms with E-state index >= 15 is 0 Å². The molecule has 0 unspecified atom stereocenters. The van der Waals surface area contributed by atoms with E-state index in [0.29, 0.717) is 29.6 Å². The highest BCUT2D eigenvalue weighted by Gasteiger charge is 2.29. The fraction of sp³-hybridized carbons (Fsp3) is 0.625. The minimum absolute atomic E-state index is 0.325. The van der Waals surface area contributed by atoms with Crippen molar-refractivity contribution in [3.63, 3.8) is 0 Å². The SMILES string of the molecule is CCCC1CCN(S(=O)(=O)c2ccc(CC)c(N)c2)CC1. The van der Waals surface area contributed by atoms with Gasteiger partial charge >= 0.3 is 0 Å². The van der Waals surface area contributed by atoms with Gasteiger partial charge in [0.25, 0.3) is 0 Å². The molecule has 0 amide bonds. The standard InChI is InChI=1S/C16H26N2O2S/c1-3-5-13-8-10-18(11-9-13)21(19,20)15-7-6-14(4-2)16(17)12-15/h6-7,12-13H,3-5,8-11,17H2,1-2H3. The second kappa shape index (κ2) is 6.79. The first-order valence-corrected chi connectivity index (χ1v) is 9.31. The molecule has 0 atom stereocenters. The molecule has 1 aromatic carbocycles. The maximum atomic E-state index is 12.7. The Kier molecular flexibility index (Phi) is 5.27. The predicted octanol–water partition coefficient (Wildman–Crippen LogP) is 3.03. The summed E-state index contributed by atoms with van der Waals surface area (Å²) in [7, 11) is -3.39. The molecule has 0 saturated carbocycles. The number of piperidine rings is 1. The number of benzene rings is 1. The van der Waals surface area contributed by atoms with Crippen molar-refractivity contribution < 1.29 is 8.42 Å². The molecule has 5 heteroatoms. The molecule has 1 aliphatic rings. The van der Waals surface area contributed by atoms with Gasteiger partial charge in [0, 0.05) is 18.8 Å². The molecule has 1 aromatic rings. The van der Waals surface area contributed by atoms with Gasteiger partial charge in [0.2, 0.25) is 10.0 Å². The number of hydrogen-bond acceptors (Lipinski definition) is 3. The Bertz CT molecular complexity index is 576. The Morgan fingerprint density at radius 2 is 1.90 bits per heavy atom. The molecule has 118 valence electrons. The molecular formula is C16H26N2O2S. The van der Waals surface area contributed by atoms with E-state index in [0.717, 1.165) is 24.8 Å². The summed E-state index contributed by atoms with van der Waals surface area (Å²) in [6, 6.07) is 5.11. The second-order valence-corrected chi connectivity index (χ2v) is 7.79. The molecule has 21 heavy (non-hydrogen) atoms. The first-order chi connectivity index (χ1) is 9.98. The van der Waals surface area contributed by atoms with Crippen LogP contribution in [0.5, 0.6) is 0 Å². The first-order valence-electron chi connectivity index (χ1n) is 7.87. The smallest absolute Gasteiger partial charge is 0.243 e. The van der Waals surface area contributed by atoms with Crippen LogP contribution in [0.1, 0.15) is 45.1 Å². The molecule has 0 aliphatic carbocycles. The summed E-state index contributed by atoms with van der Waals surface area (Å²) >= 11 is 0. The lowest BCUT2D eigenvalue weighted by molar-refractivity contribution is 0.262. The van der Waals surface area contributed by atoms with E-state index in [9.17, 15) is 8.42 Å². The molecule has 0 radical (unpaired) electrons. The normalized spacial score (nSPS) is 18.0. The Morgan fingerprint density at radius 3 is 2.43 bits per heavy atom. The van der Waals surface area contributed by atoms with Crippen LogP contribution < -0.4 is 5.73 Å². The third-order valence-electron chi connectivity index (χ3n) is 4.41. The van der Waals surface area contributed by atoms with Gasteiger partial charge < -0.3 is 5.73 Å². The van der Waals surface area contributed by atoms with Gasteiger partial charge in [0.15, 0.2) is 0 Å². The fourth-order valence-corrected chi connectivity index (χ4v) is 4.56. The number of nitrogens with two attached hydrogens (primary N) is 1. The highest BCUT2D eigenvalue weighted by molar-refractivity contribution is 7.89. The summed E-state index contributed by atoms with van der Waals surface area (Å²) < 4.78 is 27.0. The minimum Gasteiger partial charge on any atom is -0.398 e. The lowest BCUT2D eigenvalue weighted by Crippen LogP contribution is -2.38. The van der Waals surface area contributed by atoms with Gasteiger partial charge in [-0.3, -0.25) is 0 Å². The Morgan fingerprint density at radius 1 is 1.24 bits per heavy atom. The summed E-state index contributed by atoms with van der Waals surface area (Å²) in [6.45, 7) is 5.45. The van der Waals surface area contributed by atoms with E-state index in [1.807, 2.05) is 13.0 Å². The van der Waals surface area contributed by atoms with Crippen LogP contribution in [0.15, 0.2) is 23.1 Å². The molecule has 0 aromatic heterocycles. The molecule has 4 nitrogen and oxygen atoms in total. The van der Waals surface area contributed by atoms with Crippen LogP contribution in [-0.2, 0) is 16.4 Å². The maximum Gasteiger partial charge on any atom is 0.243 e. The zero-order chi connectivity index (χ0) is 15.5. The van der Waals surface area contributed by atoms with Crippen LogP contribution in [0, 0.1) is 5.92 Å². The molecule has 2 rings (SSSR count). The Balaban J connectivity index is 2.14. The molecule has 0 bridgehead atoms. The fourth-order valence-electron chi connectivity index (χ4n) is 3.05. The number of rotatable bonds is 5. The average molecular weight is 310 g/mol. The maximum absolute atomic E-state index is 12.7. The van der Waals surface area contributed by atoms with Crippen LogP contribution in [0.4, 0.5) is 5.69 Å². The van der Waals surface area contributed by atoms with Gasteiger partial charge in [0.05, 0.1) is 4.90 Å². The molecular weight excluding hydrogens is 284 g/mol. The van der Waals surface area contributed by atoms with Gasteiger partial charge in [-0.25, -0.2) is 8.42 Å². The average Bonchev–Trinajstić information content (AvgIpc) is 2.48. The van der Waals surface area contributed by atoms with Gasteiger partial charge in [0.1, 0.15) is 0 Å².